The molecule has 7 heteroatoms. The van der Waals surface area contributed by atoms with Crippen molar-refractivity contribution >= 4 is 16.2 Å². The van der Waals surface area contributed by atoms with E-state index in [1.807, 2.05) is 0 Å². The summed E-state index contributed by atoms with van der Waals surface area (Å²) in [5, 5.41) is 0. The normalized spacial score (nSPS) is 12.3. The van der Waals surface area contributed by atoms with Gasteiger partial charge >= 0.3 is 6.09 Å². The number of carbonyl (C=O) groups excluding carboxylic acids is 1. The molecule has 0 aromatic rings. The second-order valence-corrected chi connectivity index (χ2v) is 5.64. The van der Waals surface area contributed by atoms with Crippen LogP contribution < -0.4 is 5.48 Å². The Labute approximate surface area is 90.0 Å². The third-order valence-corrected chi connectivity index (χ3v) is 2.35. The zero-order chi connectivity index (χ0) is 12.1. The third-order valence-electron chi connectivity index (χ3n) is 1.10. The van der Waals surface area contributed by atoms with Gasteiger partial charge in [0.05, 0.1) is 5.75 Å². The number of carbonyl (C=O) groups is 1. The molecule has 15 heavy (non-hydrogen) atoms. The van der Waals surface area contributed by atoms with Gasteiger partial charge in [0.2, 0.25) is 0 Å². The van der Waals surface area contributed by atoms with Crippen molar-refractivity contribution in [1.29, 1.82) is 0 Å². The summed E-state index contributed by atoms with van der Waals surface area (Å²) in [6.07, 6.45) is -0.514. The van der Waals surface area contributed by atoms with Gasteiger partial charge in [-0.3, -0.25) is 0 Å². The highest BCUT2D eigenvalue weighted by molar-refractivity contribution is 7.86. The summed E-state index contributed by atoms with van der Waals surface area (Å²) < 4.78 is 31.0. The van der Waals surface area contributed by atoms with Crippen LogP contribution in [0.25, 0.3) is 0 Å². The van der Waals surface area contributed by atoms with Gasteiger partial charge in [0.1, 0.15) is 5.60 Å². The maximum atomic E-state index is 11.0. The van der Waals surface area contributed by atoms with Gasteiger partial charge in [-0.2, -0.15) is 13.9 Å². The molecule has 0 saturated heterocycles. The lowest BCUT2D eigenvalue weighted by Gasteiger charge is -2.19. The zero-order valence-electron chi connectivity index (χ0n) is 9.36. The Morgan fingerprint density at radius 3 is 2.27 bits per heavy atom. The summed E-state index contributed by atoms with van der Waals surface area (Å²) in [7, 11) is -3.69. The maximum Gasteiger partial charge on any atom is 0.432 e. The van der Waals surface area contributed by atoms with Crippen LogP contribution in [0.15, 0.2) is 0 Å². The molecular weight excluding hydrogens is 222 g/mol. The summed E-state index contributed by atoms with van der Waals surface area (Å²) in [5.41, 5.74) is 1.02. The molecule has 0 aliphatic carbocycles. The van der Waals surface area contributed by atoms with Crippen molar-refractivity contribution < 1.29 is 22.2 Å². The van der Waals surface area contributed by atoms with Crippen LogP contribution in [0.3, 0.4) is 0 Å². The Balaban J connectivity index is 4.02. The second-order valence-electron chi connectivity index (χ2n) is 3.95. The molecule has 0 spiro atoms. The van der Waals surface area contributed by atoms with Crippen molar-refractivity contribution in [3.8, 4) is 0 Å². The minimum atomic E-state index is -3.69. The van der Waals surface area contributed by atoms with Crippen molar-refractivity contribution in [3.05, 3.63) is 0 Å². The Morgan fingerprint density at radius 2 is 1.87 bits per heavy atom. The number of hydrogen-bond acceptors (Lipinski definition) is 5. The van der Waals surface area contributed by atoms with E-state index in [4.69, 9.17) is 4.74 Å². The van der Waals surface area contributed by atoms with E-state index in [0.717, 1.165) is 0 Å². The Morgan fingerprint density at radius 1 is 1.33 bits per heavy atom. The van der Waals surface area contributed by atoms with Crippen LogP contribution in [0.2, 0.25) is 0 Å². The monoisotopic (exact) mass is 239 g/mol. The first-order valence-electron chi connectivity index (χ1n) is 4.56. The smallest absolute Gasteiger partial charge is 0.432 e. The Kier molecular flexibility index (Phi) is 5.02. The van der Waals surface area contributed by atoms with E-state index < -0.39 is 21.8 Å². The molecule has 0 rings (SSSR count). The van der Waals surface area contributed by atoms with Crippen LogP contribution >= 0.6 is 0 Å². The van der Waals surface area contributed by atoms with Crippen molar-refractivity contribution in [2.75, 3.05) is 5.75 Å². The lowest BCUT2D eigenvalue weighted by molar-refractivity contribution is 0.0298. The first-order valence-corrected chi connectivity index (χ1v) is 6.14. The minimum Gasteiger partial charge on any atom is -0.442 e. The van der Waals surface area contributed by atoms with Crippen LogP contribution in [-0.2, 0) is 19.1 Å². The van der Waals surface area contributed by atoms with E-state index in [9.17, 15) is 13.2 Å². The number of hydroxylamine groups is 1. The molecule has 0 bridgehead atoms. The van der Waals surface area contributed by atoms with Crippen LogP contribution in [0, 0.1) is 0 Å². The molecule has 6 nitrogen and oxygen atoms in total. The molecule has 0 fully saturated rings. The molecule has 0 atom stereocenters. The predicted octanol–water partition coefficient (Wildman–Crippen LogP) is 1.18. The van der Waals surface area contributed by atoms with Crippen LogP contribution in [0.4, 0.5) is 4.79 Å². The third kappa shape index (κ3) is 8.19. The molecule has 0 heterocycles. The predicted molar refractivity (Wildman–Crippen MR) is 54.5 cm³/mol. The number of amides is 1. The molecule has 0 aromatic heterocycles. The molecule has 0 unspecified atom stereocenters. The van der Waals surface area contributed by atoms with E-state index >= 15 is 0 Å². The first-order chi connectivity index (χ1) is 6.66. The summed E-state index contributed by atoms with van der Waals surface area (Å²) in [5.74, 6) is -0.150. The van der Waals surface area contributed by atoms with Gasteiger partial charge in [0, 0.05) is 0 Å². The molecule has 90 valence electrons. The average molecular weight is 239 g/mol. The van der Waals surface area contributed by atoms with Crippen molar-refractivity contribution in [3.63, 3.8) is 0 Å². The largest absolute Gasteiger partial charge is 0.442 e. The summed E-state index contributed by atoms with van der Waals surface area (Å²) in [6.45, 7) is 6.67. The summed E-state index contributed by atoms with van der Waals surface area (Å²) in [6, 6.07) is 0. The van der Waals surface area contributed by atoms with Crippen molar-refractivity contribution in [2.45, 2.75) is 39.7 Å². The van der Waals surface area contributed by atoms with Gasteiger partial charge in [0.15, 0.2) is 0 Å². The van der Waals surface area contributed by atoms with E-state index in [2.05, 4.69) is 4.28 Å². The average Bonchev–Trinajstić information content (AvgIpc) is 1.98. The van der Waals surface area contributed by atoms with Crippen molar-refractivity contribution in [2.24, 2.45) is 0 Å². The van der Waals surface area contributed by atoms with Gasteiger partial charge in [0.25, 0.3) is 10.1 Å². The summed E-state index contributed by atoms with van der Waals surface area (Å²) in [4.78, 5) is 11.0. The molecule has 0 radical (unpaired) electrons. The highest BCUT2D eigenvalue weighted by Gasteiger charge is 2.18. The van der Waals surface area contributed by atoms with E-state index in [1.165, 1.54) is 0 Å². The standard InChI is InChI=1S/C8H17NO5S/c1-5-6-15(11,12)14-9-7(10)13-8(2,3)4/h5-6H2,1-4H3,(H,9,10). The first kappa shape index (κ1) is 14.2. The highest BCUT2D eigenvalue weighted by atomic mass is 32.2. The molecule has 0 aromatic carbocycles. The zero-order valence-corrected chi connectivity index (χ0v) is 10.2. The van der Waals surface area contributed by atoms with Crippen LogP contribution in [-0.4, -0.2) is 25.9 Å². The summed E-state index contributed by atoms with van der Waals surface area (Å²) >= 11 is 0. The molecule has 0 aliphatic heterocycles. The molecule has 0 aliphatic rings. The van der Waals surface area contributed by atoms with Gasteiger partial charge < -0.3 is 4.74 Å². The Bertz CT molecular complexity index is 303. The minimum absolute atomic E-state index is 0.150. The van der Waals surface area contributed by atoms with Gasteiger partial charge in [-0.05, 0) is 27.2 Å². The van der Waals surface area contributed by atoms with E-state index in [-0.39, 0.29) is 5.75 Å². The SMILES string of the molecule is CCCS(=O)(=O)ONC(=O)OC(C)(C)C. The molecule has 1 N–H and O–H groups in total. The highest BCUT2D eigenvalue weighted by Crippen LogP contribution is 2.06. The van der Waals surface area contributed by atoms with Gasteiger partial charge in [-0.25, -0.2) is 4.79 Å². The number of ether oxygens (including phenoxy) is 1. The van der Waals surface area contributed by atoms with E-state index in [0.29, 0.717) is 6.42 Å². The Hall–Kier alpha value is -0.820. The number of rotatable bonds is 4. The quantitative estimate of drug-likeness (QED) is 0.745. The van der Waals surface area contributed by atoms with Crippen molar-refractivity contribution in [1.82, 2.24) is 5.48 Å². The fourth-order valence-electron chi connectivity index (χ4n) is 0.688. The molecule has 0 saturated carbocycles. The van der Waals surface area contributed by atoms with E-state index in [1.54, 1.807) is 33.2 Å². The maximum absolute atomic E-state index is 11.0. The van der Waals surface area contributed by atoms with Gasteiger partial charge in [-0.15, -0.1) is 4.28 Å². The fraction of sp³-hybridized carbons (Fsp3) is 0.875. The van der Waals surface area contributed by atoms with Crippen LogP contribution in [0.5, 0.6) is 0 Å². The second kappa shape index (κ2) is 5.32. The van der Waals surface area contributed by atoms with Gasteiger partial charge in [-0.1, -0.05) is 6.92 Å². The lowest BCUT2D eigenvalue weighted by Crippen LogP contribution is -2.34. The molecule has 1 amide bonds. The number of hydrogen-bond donors (Lipinski definition) is 1. The number of nitrogens with one attached hydrogen (secondary N) is 1. The lowest BCUT2D eigenvalue weighted by atomic mass is 10.2. The fourth-order valence-corrected chi connectivity index (χ4v) is 1.47. The van der Waals surface area contributed by atoms with Crippen LogP contribution in [0.1, 0.15) is 34.1 Å². The molecular formula is C8H17NO5S. The topological polar surface area (TPSA) is 81.7 Å².